The van der Waals surface area contributed by atoms with Gasteiger partial charge in [0.15, 0.2) is 24.8 Å². The quantitative estimate of drug-likeness (QED) is 0.0117. The van der Waals surface area contributed by atoms with Gasteiger partial charge in [-0.1, -0.05) is 381 Å². The van der Waals surface area contributed by atoms with Gasteiger partial charge in [0.05, 0.1) is 13.2 Å². The molecule has 25 nitrogen and oxygen atoms in total. The van der Waals surface area contributed by atoms with Crippen molar-refractivity contribution in [3.8, 4) is 0 Å². The summed E-state index contributed by atoms with van der Waals surface area (Å²) in [6, 6.07) is 0. The number of hydrogen-bond acceptors (Lipinski definition) is 24. The molecule has 2 heterocycles. The first-order valence-corrected chi connectivity index (χ1v) is 49.8. The van der Waals surface area contributed by atoms with Gasteiger partial charge in [0.25, 0.3) is 0 Å². The number of rotatable bonds is 79. The molecule has 0 radical (unpaired) electrons. The summed E-state index contributed by atoms with van der Waals surface area (Å²) in [5, 5.41) is 102. The van der Waals surface area contributed by atoms with Crippen LogP contribution in [0.15, 0.2) is 0 Å². The van der Waals surface area contributed by atoms with Gasteiger partial charge in [-0.2, -0.15) is 0 Å². The van der Waals surface area contributed by atoms with Gasteiger partial charge in [-0.15, -0.1) is 0 Å². The molecule has 2 saturated heterocycles. The van der Waals surface area contributed by atoms with Crippen LogP contribution in [-0.4, -0.2) is 205 Å². The van der Waals surface area contributed by atoms with Crippen molar-refractivity contribution in [1.29, 1.82) is 0 Å². The van der Waals surface area contributed by atoms with Gasteiger partial charge < -0.3 is 88.7 Å². The van der Waals surface area contributed by atoms with Gasteiger partial charge in [0.1, 0.15) is 92.6 Å². The first-order chi connectivity index (χ1) is 57.2. The molecule has 0 spiro atoms. The second kappa shape index (κ2) is 71.6. The highest BCUT2D eigenvalue weighted by Gasteiger charge is 2.60. The van der Waals surface area contributed by atoms with Crippen molar-refractivity contribution in [2.24, 2.45) is 0 Å². The van der Waals surface area contributed by atoms with E-state index >= 15 is 0 Å². The van der Waals surface area contributed by atoms with E-state index in [1.165, 1.54) is 218 Å². The van der Waals surface area contributed by atoms with Crippen molar-refractivity contribution in [1.82, 2.24) is 0 Å². The highest BCUT2D eigenvalue weighted by molar-refractivity contribution is 7.47. The lowest BCUT2D eigenvalue weighted by Crippen LogP contribution is -2.70. The smallest absolute Gasteiger partial charge is 0.463 e. The molecule has 0 aromatic carbocycles. The number of aliphatic hydroxyl groups is 9. The van der Waals surface area contributed by atoms with Crippen LogP contribution in [0.1, 0.15) is 432 Å². The van der Waals surface area contributed by atoms with Crippen LogP contribution in [0.2, 0.25) is 0 Å². The number of esters is 4. The normalized spacial score (nSPS) is 24.9. The zero-order chi connectivity index (χ0) is 86.1. The van der Waals surface area contributed by atoms with Crippen LogP contribution in [-0.2, 0) is 70.7 Å². The standard InChI is InChI=1S/C92H173O25P/c1-5-9-13-17-21-25-29-33-36-39-43-47-51-55-59-63-67-78(97)114-87-83(102)84(103)88(115-91-85(104)81(100)79(98)73(68-93)112-91)90(89(87)116-92-86(105)82(101)80(99)74(113-92)71-109-76(95)65-61-57-53-49-45-41-37-34-30-26-22-18-14-10-6-2)117-118(106,107)110-70-72(69-108-75(94)64-60-56-52-48-44-40-32-28-24-20-16-12-8-4)111-77(96)66-62-58-54-50-46-42-38-35-31-27-23-19-15-11-7-3/h72-74,79-93,98-105H,5-71H2,1-4H3,(H,106,107). The fourth-order valence-electron chi connectivity index (χ4n) is 16.2. The fourth-order valence-corrected chi connectivity index (χ4v) is 17.2. The summed E-state index contributed by atoms with van der Waals surface area (Å²) in [5.41, 5.74) is 0. The fraction of sp³-hybridized carbons (Fsp3) is 0.957. The topological polar surface area (TPSA) is 380 Å². The number of phosphoric acid groups is 1. The van der Waals surface area contributed by atoms with E-state index in [0.29, 0.717) is 32.1 Å². The van der Waals surface area contributed by atoms with E-state index < -0.39 is 162 Å². The van der Waals surface area contributed by atoms with E-state index in [2.05, 4.69) is 27.7 Å². The molecule has 26 heteroatoms. The molecule has 0 amide bonds. The first-order valence-electron chi connectivity index (χ1n) is 48.3. The number of ether oxygens (including phenoxy) is 8. The largest absolute Gasteiger partial charge is 0.472 e. The molecule has 0 aromatic rings. The Morgan fingerprint density at radius 1 is 0.305 bits per heavy atom. The average Bonchev–Trinajstić information content (AvgIpc) is 0.755. The van der Waals surface area contributed by atoms with Gasteiger partial charge in [-0.3, -0.25) is 28.2 Å². The SMILES string of the molecule is CCCCCCCCCCCCCCCCCCC(=O)OC1C(O)C(O)C(OC2OC(CO)C(O)C(O)C2O)C(OP(=O)(O)OCC(COC(=O)CCCCCCCCCCCCCCC)OC(=O)CCCCCCCCCCCCCCCCC)C1OC1OC(COC(=O)CCCCCCCCCCCCCCCCC)C(O)C(O)C1O. The summed E-state index contributed by atoms with van der Waals surface area (Å²) in [6.07, 6.45) is 29.3. The summed E-state index contributed by atoms with van der Waals surface area (Å²) in [4.78, 5) is 66.5. The van der Waals surface area contributed by atoms with E-state index in [0.717, 1.165) is 128 Å². The maximum absolute atomic E-state index is 14.9. The summed E-state index contributed by atoms with van der Waals surface area (Å²) >= 11 is 0. The highest BCUT2D eigenvalue weighted by atomic mass is 31.2. The number of carbonyl (C=O) groups excluding carboxylic acids is 4. The van der Waals surface area contributed by atoms with Crippen LogP contribution in [0.4, 0.5) is 0 Å². The molecule has 1 aliphatic carbocycles. The molecule has 10 N–H and O–H groups in total. The Hall–Kier alpha value is -2.53. The summed E-state index contributed by atoms with van der Waals surface area (Å²) in [7, 11) is -5.80. The van der Waals surface area contributed by atoms with E-state index in [1.54, 1.807) is 0 Å². The third kappa shape index (κ3) is 51.2. The molecule has 118 heavy (non-hydrogen) atoms. The van der Waals surface area contributed by atoms with Crippen LogP contribution >= 0.6 is 7.82 Å². The lowest BCUT2D eigenvalue weighted by molar-refractivity contribution is -0.360. The van der Waals surface area contributed by atoms with Crippen LogP contribution in [0.5, 0.6) is 0 Å². The number of carbonyl (C=O) groups is 4. The third-order valence-corrected chi connectivity index (χ3v) is 24.8. The van der Waals surface area contributed by atoms with Gasteiger partial charge in [-0.25, -0.2) is 4.57 Å². The zero-order valence-electron chi connectivity index (χ0n) is 74.2. The molecule has 3 aliphatic rings. The van der Waals surface area contributed by atoms with Crippen molar-refractivity contribution >= 4 is 31.7 Å². The number of phosphoric ester groups is 1. The van der Waals surface area contributed by atoms with Crippen molar-refractivity contribution in [2.75, 3.05) is 26.4 Å². The second-order valence-corrected chi connectivity index (χ2v) is 36.0. The zero-order valence-corrected chi connectivity index (χ0v) is 75.1. The molecule has 3 fully saturated rings. The maximum atomic E-state index is 14.9. The Kier molecular flexibility index (Phi) is 66.5. The summed E-state index contributed by atoms with van der Waals surface area (Å²) in [5.74, 6) is -2.94. The van der Waals surface area contributed by atoms with Gasteiger partial charge in [0.2, 0.25) is 0 Å². The summed E-state index contributed by atoms with van der Waals surface area (Å²) < 4.78 is 73.5. The van der Waals surface area contributed by atoms with Crippen LogP contribution < -0.4 is 0 Å². The van der Waals surface area contributed by atoms with Crippen molar-refractivity contribution in [3.63, 3.8) is 0 Å². The monoisotopic (exact) mass is 1710 g/mol. The number of aliphatic hydroxyl groups excluding tert-OH is 9. The van der Waals surface area contributed by atoms with E-state index in [9.17, 15) is 74.6 Å². The van der Waals surface area contributed by atoms with Crippen molar-refractivity contribution in [3.05, 3.63) is 0 Å². The van der Waals surface area contributed by atoms with Crippen molar-refractivity contribution < 1.29 is 122 Å². The van der Waals surface area contributed by atoms with Gasteiger partial charge in [0, 0.05) is 25.7 Å². The molecule has 0 aromatic heterocycles. The van der Waals surface area contributed by atoms with Crippen molar-refractivity contribution in [2.45, 2.75) is 536 Å². The van der Waals surface area contributed by atoms with E-state index in [4.69, 9.17) is 46.9 Å². The minimum absolute atomic E-state index is 0.0204. The van der Waals surface area contributed by atoms with E-state index in [1.807, 2.05) is 0 Å². The Labute approximate surface area is 712 Å². The Bertz CT molecular complexity index is 2450. The molecule has 0 bridgehead atoms. The second-order valence-electron chi connectivity index (χ2n) is 34.6. The lowest BCUT2D eigenvalue weighted by atomic mass is 9.84. The Morgan fingerprint density at radius 3 is 0.924 bits per heavy atom. The summed E-state index contributed by atoms with van der Waals surface area (Å²) in [6.45, 7) is 5.65. The minimum Gasteiger partial charge on any atom is -0.463 e. The van der Waals surface area contributed by atoms with Gasteiger partial charge in [-0.05, 0) is 25.7 Å². The Balaban J connectivity index is 1.90. The molecule has 1 saturated carbocycles. The van der Waals surface area contributed by atoms with Crippen LogP contribution in [0, 0.1) is 0 Å². The third-order valence-electron chi connectivity index (χ3n) is 23.9. The number of hydrogen-bond donors (Lipinski definition) is 10. The Morgan fingerprint density at radius 2 is 0.585 bits per heavy atom. The molecular weight excluding hydrogens is 1540 g/mol. The number of unbranched alkanes of at least 4 members (excludes halogenated alkanes) is 55. The van der Waals surface area contributed by atoms with Gasteiger partial charge >= 0.3 is 31.7 Å². The molecule has 3 rings (SSSR count). The average molecular weight is 1710 g/mol. The first kappa shape index (κ1) is 110. The van der Waals surface area contributed by atoms with Crippen LogP contribution in [0.25, 0.3) is 0 Å². The minimum atomic E-state index is -5.80. The van der Waals surface area contributed by atoms with E-state index in [-0.39, 0.29) is 25.7 Å². The van der Waals surface area contributed by atoms with Crippen LogP contribution in [0.3, 0.4) is 0 Å². The predicted molar refractivity (Wildman–Crippen MR) is 458 cm³/mol. The maximum Gasteiger partial charge on any atom is 0.472 e. The molecule has 18 atom stereocenters. The molecule has 696 valence electrons. The lowest BCUT2D eigenvalue weighted by Gasteiger charge is -2.50. The highest BCUT2D eigenvalue weighted by Crippen LogP contribution is 2.49. The molecule has 2 aliphatic heterocycles. The molecule has 18 unspecified atom stereocenters. The molecular formula is C92H173O25P. The predicted octanol–water partition coefficient (Wildman–Crippen LogP) is 18.2.